The van der Waals surface area contributed by atoms with Crippen molar-refractivity contribution in [3.8, 4) is 10.4 Å². The van der Waals surface area contributed by atoms with E-state index in [0.29, 0.717) is 22.7 Å². The number of carboxylic acids is 1. The number of thiazole rings is 1. The fourth-order valence-electron chi connectivity index (χ4n) is 2.96. The second kappa shape index (κ2) is 6.75. The van der Waals surface area contributed by atoms with Crippen LogP contribution in [0.1, 0.15) is 24.6 Å². The third-order valence-corrected chi connectivity index (χ3v) is 5.37. The van der Waals surface area contributed by atoms with Crippen molar-refractivity contribution in [2.45, 2.75) is 18.8 Å². The molecule has 3 rings (SSSR count). The van der Waals surface area contributed by atoms with Crippen LogP contribution in [0.2, 0.25) is 5.02 Å². The first-order valence-electron chi connectivity index (χ1n) is 7.58. The van der Waals surface area contributed by atoms with Crippen molar-refractivity contribution in [2.24, 2.45) is 0 Å². The number of aromatic nitrogens is 1. The van der Waals surface area contributed by atoms with Crippen LogP contribution < -0.4 is 0 Å². The van der Waals surface area contributed by atoms with Crippen LogP contribution in [0.25, 0.3) is 10.4 Å². The summed E-state index contributed by atoms with van der Waals surface area (Å²) in [7, 11) is 0. The second-order valence-electron chi connectivity index (χ2n) is 5.47. The van der Waals surface area contributed by atoms with Crippen LogP contribution in [0.4, 0.5) is 0 Å². The van der Waals surface area contributed by atoms with Crippen molar-refractivity contribution in [1.82, 2.24) is 4.98 Å². The van der Waals surface area contributed by atoms with Crippen LogP contribution in [0.15, 0.2) is 60.1 Å². The first kappa shape index (κ1) is 16.7. The normalized spacial score (nSPS) is 13.4. The average Bonchev–Trinajstić information content (AvgIpc) is 3.08. The smallest absolute Gasteiger partial charge is 0.320 e. The maximum atomic E-state index is 12.4. The third-order valence-electron chi connectivity index (χ3n) is 4.24. The van der Waals surface area contributed by atoms with Gasteiger partial charge in [-0.15, -0.1) is 11.3 Å². The van der Waals surface area contributed by atoms with Crippen LogP contribution in [0.3, 0.4) is 0 Å². The predicted molar refractivity (Wildman–Crippen MR) is 97.7 cm³/mol. The van der Waals surface area contributed by atoms with E-state index in [-0.39, 0.29) is 0 Å². The van der Waals surface area contributed by atoms with Gasteiger partial charge in [-0.25, -0.2) is 4.98 Å². The molecular formula is C19H16ClNO2S. The quantitative estimate of drug-likeness (QED) is 0.679. The molecule has 1 heterocycles. The summed E-state index contributed by atoms with van der Waals surface area (Å²) in [5, 5.41) is 10.7. The Hall–Kier alpha value is -2.17. The van der Waals surface area contributed by atoms with Crippen LogP contribution >= 0.6 is 22.9 Å². The zero-order valence-corrected chi connectivity index (χ0v) is 14.6. The number of hydrogen-bond acceptors (Lipinski definition) is 3. The largest absolute Gasteiger partial charge is 0.480 e. The number of benzene rings is 2. The Morgan fingerprint density at radius 1 is 1.17 bits per heavy atom. The van der Waals surface area contributed by atoms with Gasteiger partial charge in [-0.2, -0.15) is 0 Å². The zero-order valence-electron chi connectivity index (χ0n) is 13.1. The molecule has 0 radical (unpaired) electrons. The molecule has 0 aliphatic carbocycles. The van der Waals surface area contributed by atoms with Crippen LogP contribution in [-0.2, 0) is 10.2 Å². The standard InChI is InChI=1S/C19H16ClNO2S/c1-2-19(18(22)23,14-8-10-15(20)11-9-14)17-16(24-12-21-17)13-6-4-3-5-7-13/h3-12H,2H2,1H3,(H,22,23). The molecule has 1 atom stereocenters. The lowest BCUT2D eigenvalue weighted by Crippen LogP contribution is -2.37. The zero-order chi connectivity index (χ0) is 17.2. The van der Waals surface area contributed by atoms with Gasteiger partial charge in [0, 0.05) is 5.02 Å². The van der Waals surface area contributed by atoms with E-state index in [0.717, 1.165) is 10.4 Å². The Morgan fingerprint density at radius 2 is 1.83 bits per heavy atom. The number of hydrogen-bond donors (Lipinski definition) is 1. The SMILES string of the molecule is CCC(C(=O)O)(c1ccc(Cl)cc1)c1ncsc1-c1ccccc1. The lowest BCUT2D eigenvalue weighted by atomic mass is 9.74. The summed E-state index contributed by atoms with van der Waals surface area (Å²) < 4.78 is 0. The molecule has 122 valence electrons. The van der Waals surface area contributed by atoms with Crippen LogP contribution in [0.5, 0.6) is 0 Å². The van der Waals surface area contributed by atoms with Crippen LogP contribution in [0, 0.1) is 0 Å². The summed E-state index contributed by atoms with van der Waals surface area (Å²) in [5.74, 6) is -0.907. The van der Waals surface area contributed by atoms with Gasteiger partial charge in [-0.3, -0.25) is 4.79 Å². The van der Waals surface area contributed by atoms with Gasteiger partial charge in [0.2, 0.25) is 0 Å². The Kier molecular flexibility index (Phi) is 4.69. The molecule has 1 N–H and O–H groups in total. The minimum Gasteiger partial charge on any atom is -0.480 e. The van der Waals surface area contributed by atoms with Gasteiger partial charge >= 0.3 is 5.97 Å². The lowest BCUT2D eigenvalue weighted by molar-refractivity contribution is -0.142. The molecule has 0 fully saturated rings. The molecule has 0 bridgehead atoms. The number of aliphatic carboxylic acids is 1. The minimum atomic E-state index is -1.20. The van der Waals surface area contributed by atoms with E-state index in [9.17, 15) is 9.90 Å². The maximum absolute atomic E-state index is 12.4. The summed E-state index contributed by atoms with van der Waals surface area (Å²) in [5.41, 5.74) is 2.75. The molecular weight excluding hydrogens is 342 g/mol. The van der Waals surface area contributed by atoms with E-state index >= 15 is 0 Å². The number of carboxylic acid groups (broad SMARTS) is 1. The van der Waals surface area contributed by atoms with Crippen molar-refractivity contribution in [2.75, 3.05) is 0 Å². The highest BCUT2D eigenvalue weighted by molar-refractivity contribution is 7.13. The highest BCUT2D eigenvalue weighted by Crippen LogP contribution is 2.42. The van der Waals surface area contributed by atoms with Gasteiger partial charge in [0.25, 0.3) is 0 Å². The third kappa shape index (κ3) is 2.72. The Labute approximate surface area is 149 Å². The topological polar surface area (TPSA) is 50.2 Å². The van der Waals surface area contributed by atoms with E-state index in [1.54, 1.807) is 29.8 Å². The summed E-state index contributed by atoms with van der Waals surface area (Å²) >= 11 is 7.44. The summed E-state index contributed by atoms with van der Waals surface area (Å²) in [4.78, 5) is 17.7. The fourth-order valence-corrected chi connectivity index (χ4v) is 3.96. The van der Waals surface area contributed by atoms with Gasteiger partial charge in [-0.1, -0.05) is 61.0 Å². The number of halogens is 1. The number of rotatable bonds is 5. The van der Waals surface area contributed by atoms with Crippen LogP contribution in [-0.4, -0.2) is 16.1 Å². The van der Waals surface area contributed by atoms with Crippen molar-refractivity contribution in [3.05, 3.63) is 76.4 Å². The van der Waals surface area contributed by atoms with Gasteiger partial charge in [0.15, 0.2) is 0 Å². The molecule has 2 aromatic carbocycles. The molecule has 0 aliphatic heterocycles. The van der Waals surface area contributed by atoms with Crippen molar-refractivity contribution in [1.29, 1.82) is 0 Å². The van der Waals surface area contributed by atoms with Crippen molar-refractivity contribution >= 4 is 28.9 Å². The van der Waals surface area contributed by atoms with Gasteiger partial charge in [-0.05, 0) is 29.7 Å². The van der Waals surface area contributed by atoms with Gasteiger partial charge in [0.05, 0.1) is 16.1 Å². The highest BCUT2D eigenvalue weighted by Gasteiger charge is 2.44. The molecule has 0 amide bonds. The van der Waals surface area contributed by atoms with Gasteiger partial charge in [0.1, 0.15) is 5.41 Å². The highest BCUT2D eigenvalue weighted by atomic mass is 35.5. The molecule has 0 aliphatic rings. The monoisotopic (exact) mass is 357 g/mol. The van der Waals surface area contributed by atoms with Crippen molar-refractivity contribution < 1.29 is 9.90 Å². The Bertz CT molecular complexity index is 845. The molecule has 24 heavy (non-hydrogen) atoms. The van der Waals surface area contributed by atoms with E-state index in [1.165, 1.54) is 11.3 Å². The first-order valence-corrected chi connectivity index (χ1v) is 8.84. The van der Waals surface area contributed by atoms with E-state index in [1.807, 2.05) is 37.3 Å². The molecule has 5 heteroatoms. The predicted octanol–water partition coefficient (Wildman–Crippen LogP) is 5.24. The molecule has 1 aromatic heterocycles. The number of nitrogens with zero attached hydrogens (tertiary/aromatic N) is 1. The Morgan fingerprint density at radius 3 is 2.42 bits per heavy atom. The molecule has 3 aromatic rings. The first-order chi connectivity index (χ1) is 11.6. The van der Waals surface area contributed by atoms with E-state index in [2.05, 4.69) is 4.98 Å². The van der Waals surface area contributed by atoms with Gasteiger partial charge < -0.3 is 5.11 Å². The number of carbonyl (C=O) groups is 1. The molecule has 1 unspecified atom stereocenters. The lowest BCUT2D eigenvalue weighted by Gasteiger charge is -2.28. The summed E-state index contributed by atoms with van der Waals surface area (Å²) in [6, 6.07) is 16.8. The maximum Gasteiger partial charge on any atom is 0.320 e. The molecule has 0 spiro atoms. The summed E-state index contributed by atoms with van der Waals surface area (Å²) in [6.07, 6.45) is 0.396. The summed E-state index contributed by atoms with van der Waals surface area (Å²) in [6.45, 7) is 1.87. The molecule has 3 nitrogen and oxygen atoms in total. The molecule has 0 saturated carbocycles. The van der Waals surface area contributed by atoms with Crippen molar-refractivity contribution in [3.63, 3.8) is 0 Å². The minimum absolute atomic E-state index is 0.396. The van der Waals surface area contributed by atoms with E-state index in [4.69, 9.17) is 11.6 Å². The fraction of sp³-hybridized carbons (Fsp3) is 0.158. The second-order valence-corrected chi connectivity index (χ2v) is 6.76. The average molecular weight is 358 g/mol. The Balaban J connectivity index is 2.24. The van der Waals surface area contributed by atoms with E-state index < -0.39 is 11.4 Å². The molecule has 0 saturated heterocycles.